The molecule has 3 N–H and O–H groups in total. The molecule has 0 bridgehead atoms. The highest BCUT2D eigenvalue weighted by atomic mass is 35.5. The molecule has 17 heavy (non-hydrogen) atoms. The van der Waals surface area contributed by atoms with E-state index in [2.05, 4.69) is 15.4 Å². The number of carbonyl (C=O) groups is 1. The maximum atomic E-state index is 11.5. The molecule has 1 unspecified atom stereocenters. The molecule has 1 amide bonds. The lowest BCUT2D eigenvalue weighted by molar-refractivity contribution is -0.125. The first-order valence-corrected chi connectivity index (χ1v) is 5.82. The number of hydrogen-bond acceptors (Lipinski definition) is 5. The second-order valence-corrected chi connectivity index (χ2v) is 4.32. The number of halogens is 1. The zero-order valence-corrected chi connectivity index (χ0v) is 10.0. The molecule has 1 atom stereocenters. The highest BCUT2D eigenvalue weighted by Gasteiger charge is 2.27. The van der Waals surface area contributed by atoms with Crippen molar-refractivity contribution in [3.05, 3.63) is 17.5 Å². The zero-order valence-electron chi connectivity index (χ0n) is 9.27. The number of amides is 1. The average molecular weight is 256 g/mol. The third-order valence-corrected chi connectivity index (χ3v) is 3.14. The Balaban J connectivity index is 2.12. The van der Waals surface area contributed by atoms with Gasteiger partial charge in [-0.15, -0.1) is 0 Å². The summed E-state index contributed by atoms with van der Waals surface area (Å²) in [7, 11) is 0. The smallest absolute Gasteiger partial charge is 0.238 e. The van der Waals surface area contributed by atoms with Crippen molar-refractivity contribution in [1.82, 2.24) is 15.4 Å². The third kappa shape index (κ3) is 2.65. The van der Waals surface area contributed by atoms with Gasteiger partial charge in [-0.05, 0) is 12.8 Å². The van der Waals surface area contributed by atoms with Crippen LogP contribution in [0.15, 0.2) is 12.4 Å². The van der Waals surface area contributed by atoms with E-state index in [1.54, 1.807) is 12.4 Å². The zero-order chi connectivity index (χ0) is 12.3. The quantitative estimate of drug-likeness (QED) is 0.452. The maximum absolute atomic E-state index is 11.5. The molecule has 0 radical (unpaired) electrons. The fourth-order valence-corrected chi connectivity index (χ4v) is 2.25. The van der Waals surface area contributed by atoms with E-state index < -0.39 is 0 Å². The van der Waals surface area contributed by atoms with Crippen LogP contribution in [0.2, 0.25) is 5.15 Å². The van der Waals surface area contributed by atoms with Gasteiger partial charge >= 0.3 is 0 Å². The number of aromatic nitrogens is 2. The van der Waals surface area contributed by atoms with Gasteiger partial charge in [0.15, 0.2) is 11.0 Å². The standard InChI is InChI=1S/C10H14ClN5O/c11-8-9(14-4-3-13-8)16-5-1-2-7(6-16)10(17)15-12/h3-4,7H,1-2,5-6,12H2,(H,15,17). The highest BCUT2D eigenvalue weighted by Crippen LogP contribution is 2.25. The lowest BCUT2D eigenvalue weighted by Crippen LogP contribution is -2.45. The van der Waals surface area contributed by atoms with Crippen LogP contribution in [0.1, 0.15) is 12.8 Å². The van der Waals surface area contributed by atoms with Crippen molar-refractivity contribution in [3.8, 4) is 0 Å². The van der Waals surface area contributed by atoms with Crippen LogP contribution in [0.3, 0.4) is 0 Å². The number of hydrazine groups is 1. The van der Waals surface area contributed by atoms with E-state index in [1.165, 1.54) is 0 Å². The maximum Gasteiger partial charge on any atom is 0.238 e. The third-order valence-electron chi connectivity index (χ3n) is 2.87. The summed E-state index contributed by atoms with van der Waals surface area (Å²) < 4.78 is 0. The van der Waals surface area contributed by atoms with Gasteiger partial charge in [-0.3, -0.25) is 10.2 Å². The van der Waals surface area contributed by atoms with Crippen molar-refractivity contribution >= 4 is 23.3 Å². The van der Waals surface area contributed by atoms with E-state index in [0.717, 1.165) is 19.4 Å². The second kappa shape index (κ2) is 5.29. The second-order valence-electron chi connectivity index (χ2n) is 3.96. The van der Waals surface area contributed by atoms with Crippen LogP contribution in [0.5, 0.6) is 0 Å². The van der Waals surface area contributed by atoms with Crippen molar-refractivity contribution in [3.63, 3.8) is 0 Å². The van der Waals surface area contributed by atoms with E-state index >= 15 is 0 Å². The summed E-state index contributed by atoms with van der Waals surface area (Å²) in [6, 6.07) is 0. The fourth-order valence-electron chi connectivity index (χ4n) is 2.03. The van der Waals surface area contributed by atoms with E-state index in [9.17, 15) is 4.79 Å². The predicted molar refractivity (Wildman–Crippen MR) is 64.3 cm³/mol. The number of hydrogen-bond donors (Lipinski definition) is 2. The molecule has 7 heteroatoms. The summed E-state index contributed by atoms with van der Waals surface area (Å²) in [5.41, 5.74) is 2.19. The summed E-state index contributed by atoms with van der Waals surface area (Å²) in [5.74, 6) is 5.51. The molecule has 2 rings (SSSR count). The lowest BCUT2D eigenvalue weighted by Gasteiger charge is -2.32. The van der Waals surface area contributed by atoms with Crippen LogP contribution >= 0.6 is 11.6 Å². The van der Waals surface area contributed by atoms with Gasteiger partial charge in [0.1, 0.15) is 0 Å². The monoisotopic (exact) mass is 255 g/mol. The number of nitrogens with zero attached hydrogens (tertiary/aromatic N) is 3. The van der Waals surface area contributed by atoms with Crippen molar-refractivity contribution in [2.45, 2.75) is 12.8 Å². The normalized spacial score (nSPS) is 20.1. The van der Waals surface area contributed by atoms with Gasteiger partial charge in [0, 0.05) is 25.5 Å². The molecule has 1 aromatic rings. The van der Waals surface area contributed by atoms with Gasteiger partial charge in [-0.25, -0.2) is 15.8 Å². The van der Waals surface area contributed by atoms with Gasteiger partial charge in [0.25, 0.3) is 0 Å². The molecule has 0 aromatic carbocycles. The molecular weight excluding hydrogens is 242 g/mol. The van der Waals surface area contributed by atoms with E-state index in [-0.39, 0.29) is 11.8 Å². The first kappa shape index (κ1) is 12.1. The Kier molecular flexibility index (Phi) is 3.75. The van der Waals surface area contributed by atoms with Crippen molar-refractivity contribution < 1.29 is 4.79 Å². The number of piperidine rings is 1. The van der Waals surface area contributed by atoms with E-state index in [0.29, 0.717) is 17.5 Å². The molecule has 2 heterocycles. The topological polar surface area (TPSA) is 84.1 Å². The van der Waals surface area contributed by atoms with Gasteiger partial charge in [0.05, 0.1) is 5.92 Å². The van der Waals surface area contributed by atoms with Gasteiger partial charge in [0.2, 0.25) is 5.91 Å². The summed E-state index contributed by atoms with van der Waals surface area (Å²) >= 11 is 5.98. The Morgan fingerprint density at radius 1 is 1.53 bits per heavy atom. The summed E-state index contributed by atoms with van der Waals surface area (Å²) in [5, 5.41) is 0.362. The Hall–Kier alpha value is -1.40. The Morgan fingerprint density at radius 3 is 3.00 bits per heavy atom. The molecule has 1 saturated heterocycles. The van der Waals surface area contributed by atoms with E-state index in [1.807, 2.05) is 4.90 Å². The summed E-state index contributed by atoms with van der Waals surface area (Å²) in [6.45, 7) is 1.40. The van der Waals surface area contributed by atoms with Crippen LogP contribution in [0, 0.1) is 5.92 Å². The summed E-state index contributed by atoms with van der Waals surface area (Å²) in [4.78, 5) is 21.6. The number of nitrogens with two attached hydrogens (primary N) is 1. The largest absolute Gasteiger partial charge is 0.353 e. The minimum Gasteiger partial charge on any atom is -0.353 e. The van der Waals surface area contributed by atoms with Crippen molar-refractivity contribution in [1.29, 1.82) is 0 Å². The van der Waals surface area contributed by atoms with E-state index in [4.69, 9.17) is 17.4 Å². The van der Waals surface area contributed by atoms with Crippen LogP contribution < -0.4 is 16.2 Å². The van der Waals surface area contributed by atoms with Crippen LogP contribution in [0.25, 0.3) is 0 Å². The van der Waals surface area contributed by atoms with Crippen LogP contribution in [-0.2, 0) is 4.79 Å². The molecule has 6 nitrogen and oxygen atoms in total. The summed E-state index contributed by atoms with van der Waals surface area (Å²) in [6.07, 6.45) is 4.87. The van der Waals surface area contributed by atoms with Crippen molar-refractivity contribution in [2.75, 3.05) is 18.0 Å². The molecule has 0 spiro atoms. The molecule has 0 aliphatic carbocycles. The molecule has 1 aromatic heterocycles. The minimum atomic E-state index is -0.144. The Labute approximate surface area is 104 Å². The fraction of sp³-hybridized carbons (Fsp3) is 0.500. The van der Waals surface area contributed by atoms with Crippen molar-refractivity contribution in [2.24, 2.45) is 11.8 Å². The highest BCUT2D eigenvalue weighted by molar-refractivity contribution is 6.31. The number of rotatable bonds is 2. The molecule has 92 valence electrons. The molecule has 1 aliphatic heterocycles. The first-order chi connectivity index (χ1) is 8.22. The Bertz CT molecular complexity index is 413. The first-order valence-electron chi connectivity index (χ1n) is 5.44. The predicted octanol–water partition coefficient (Wildman–Crippen LogP) is 0.336. The SMILES string of the molecule is NNC(=O)C1CCCN(c2nccnc2Cl)C1. The van der Waals surface area contributed by atoms with Crippen LogP contribution in [-0.4, -0.2) is 29.0 Å². The molecule has 1 aliphatic rings. The Morgan fingerprint density at radius 2 is 2.29 bits per heavy atom. The number of anilines is 1. The molecule has 0 saturated carbocycles. The van der Waals surface area contributed by atoms with Crippen LogP contribution in [0.4, 0.5) is 5.82 Å². The van der Waals surface area contributed by atoms with Gasteiger partial charge < -0.3 is 4.90 Å². The molecular formula is C10H14ClN5O. The minimum absolute atomic E-state index is 0.119. The lowest BCUT2D eigenvalue weighted by atomic mass is 9.97. The average Bonchev–Trinajstić information content (AvgIpc) is 2.38. The van der Waals surface area contributed by atoms with Gasteiger partial charge in [-0.2, -0.15) is 0 Å². The number of carbonyl (C=O) groups excluding carboxylic acids is 1. The number of nitrogens with one attached hydrogen (secondary N) is 1. The molecule has 1 fully saturated rings. The van der Waals surface area contributed by atoms with Gasteiger partial charge in [-0.1, -0.05) is 11.6 Å².